The monoisotopic (exact) mass is 336 g/mol. The lowest BCUT2D eigenvalue weighted by Gasteiger charge is -2.33. The molecule has 2 aromatic rings. The normalized spacial score (nSPS) is 28.1. The van der Waals surface area contributed by atoms with Crippen LogP contribution in [0.2, 0.25) is 10.0 Å². The SMILES string of the molecule is CC1(C)[C@H]2CC[C@]1(C(=O)O)c1nc3cc(Cl)c(Cl)cc3nc12. The molecule has 4 rings (SSSR count). The molecule has 1 aromatic heterocycles. The van der Waals surface area contributed by atoms with Gasteiger partial charge < -0.3 is 5.11 Å². The van der Waals surface area contributed by atoms with Gasteiger partial charge in [0.2, 0.25) is 0 Å². The Morgan fingerprint density at radius 2 is 1.82 bits per heavy atom. The topological polar surface area (TPSA) is 63.1 Å². The van der Waals surface area contributed by atoms with E-state index in [0.717, 1.165) is 12.1 Å². The zero-order chi connectivity index (χ0) is 15.9. The van der Waals surface area contributed by atoms with Crippen LogP contribution < -0.4 is 0 Å². The van der Waals surface area contributed by atoms with E-state index >= 15 is 0 Å². The maximum Gasteiger partial charge on any atom is 0.316 e. The lowest BCUT2D eigenvalue weighted by Crippen LogP contribution is -2.43. The first-order valence-electron chi connectivity index (χ1n) is 7.19. The zero-order valence-electron chi connectivity index (χ0n) is 12.2. The van der Waals surface area contributed by atoms with Crippen LogP contribution in [-0.4, -0.2) is 21.0 Å². The Balaban J connectivity index is 2.08. The number of carboxylic acids is 1. The number of aromatic nitrogens is 2. The highest BCUT2D eigenvalue weighted by Crippen LogP contribution is 2.67. The number of carbonyl (C=O) groups is 1. The van der Waals surface area contributed by atoms with Gasteiger partial charge in [0.05, 0.1) is 32.5 Å². The second-order valence-corrected chi connectivity index (χ2v) is 7.55. The molecule has 0 amide bonds. The predicted octanol–water partition coefficient (Wildman–Crippen LogP) is 4.18. The minimum atomic E-state index is -0.958. The summed E-state index contributed by atoms with van der Waals surface area (Å²) >= 11 is 12.1. The van der Waals surface area contributed by atoms with E-state index in [2.05, 4.69) is 4.98 Å². The number of benzene rings is 1. The molecule has 0 aliphatic heterocycles. The molecule has 2 bridgehead atoms. The minimum Gasteiger partial charge on any atom is -0.481 e. The average molecular weight is 337 g/mol. The van der Waals surface area contributed by atoms with Crippen LogP contribution in [0.15, 0.2) is 12.1 Å². The van der Waals surface area contributed by atoms with Gasteiger partial charge >= 0.3 is 5.97 Å². The van der Waals surface area contributed by atoms with E-state index in [1.165, 1.54) is 0 Å². The largest absolute Gasteiger partial charge is 0.481 e. The summed E-state index contributed by atoms with van der Waals surface area (Å²) in [5.74, 6) is -0.697. The third kappa shape index (κ3) is 1.43. The van der Waals surface area contributed by atoms with Gasteiger partial charge in [-0.05, 0) is 30.4 Å². The van der Waals surface area contributed by atoms with Crippen LogP contribution in [0.3, 0.4) is 0 Å². The Morgan fingerprint density at radius 1 is 1.23 bits per heavy atom. The number of fused-ring (bicyclic) bond motifs is 6. The highest BCUT2D eigenvalue weighted by atomic mass is 35.5. The summed E-state index contributed by atoms with van der Waals surface area (Å²) in [6.45, 7) is 4.01. The molecular formula is C16H14Cl2N2O2. The van der Waals surface area contributed by atoms with Crippen molar-refractivity contribution in [2.45, 2.75) is 38.0 Å². The molecule has 1 fully saturated rings. The smallest absolute Gasteiger partial charge is 0.316 e. The minimum absolute atomic E-state index is 0.116. The van der Waals surface area contributed by atoms with Gasteiger partial charge in [-0.2, -0.15) is 0 Å². The van der Waals surface area contributed by atoms with Crippen LogP contribution in [0.25, 0.3) is 11.0 Å². The molecule has 1 heterocycles. The van der Waals surface area contributed by atoms with E-state index in [9.17, 15) is 9.90 Å². The van der Waals surface area contributed by atoms with Crippen LogP contribution in [0.1, 0.15) is 44.0 Å². The molecule has 0 spiro atoms. The van der Waals surface area contributed by atoms with Crippen LogP contribution >= 0.6 is 23.2 Å². The number of rotatable bonds is 1. The summed E-state index contributed by atoms with van der Waals surface area (Å²) < 4.78 is 0. The fourth-order valence-electron chi connectivity index (χ4n) is 4.35. The first-order valence-corrected chi connectivity index (χ1v) is 7.95. The van der Waals surface area contributed by atoms with Gasteiger partial charge in [0.15, 0.2) is 0 Å². The Bertz CT molecular complexity index is 850. The summed E-state index contributed by atoms with van der Waals surface area (Å²) in [4.78, 5) is 21.4. The number of hydrogen-bond acceptors (Lipinski definition) is 3. The second kappa shape index (κ2) is 4.12. The molecule has 4 nitrogen and oxygen atoms in total. The molecule has 1 aromatic carbocycles. The maximum absolute atomic E-state index is 12.1. The fourth-order valence-corrected chi connectivity index (χ4v) is 4.67. The maximum atomic E-state index is 12.1. The lowest BCUT2D eigenvalue weighted by molar-refractivity contribution is -0.147. The van der Waals surface area contributed by atoms with E-state index in [-0.39, 0.29) is 5.92 Å². The van der Waals surface area contributed by atoms with Crippen molar-refractivity contribution in [1.29, 1.82) is 0 Å². The van der Waals surface area contributed by atoms with E-state index in [4.69, 9.17) is 28.2 Å². The average Bonchev–Trinajstić information content (AvgIpc) is 2.81. The Labute approximate surface area is 137 Å². The molecule has 0 radical (unpaired) electrons. The summed E-state index contributed by atoms with van der Waals surface area (Å²) in [7, 11) is 0. The van der Waals surface area contributed by atoms with Gasteiger partial charge in [0.25, 0.3) is 0 Å². The number of nitrogens with zero attached hydrogens (tertiary/aromatic N) is 2. The van der Waals surface area contributed by atoms with Crippen molar-refractivity contribution in [2.75, 3.05) is 0 Å². The Hall–Kier alpha value is -1.39. The summed E-state index contributed by atoms with van der Waals surface area (Å²) in [5.41, 5.74) is 1.32. The van der Waals surface area contributed by atoms with E-state index in [1.54, 1.807) is 12.1 Å². The van der Waals surface area contributed by atoms with Crippen molar-refractivity contribution in [2.24, 2.45) is 5.41 Å². The lowest BCUT2D eigenvalue weighted by atomic mass is 9.68. The van der Waals surface area contributed by atoms with Gasteiger partial charge in [-0.15, -0.1) is 0 Å². The van der Waals surface area contributed by atoms with Crippen LogP contribution in [-0.2, 0) is 10.2 Å². The van der Waals surface area contributed by atoms with Crippen LogP contribution in [0.5, 0.6) is 0 Å². The Kier molecular flexibility index (Phi) is 2.66. The van der Waals surface area contributed by atoms with Gasteiger partial charge in [0.1, 0.15) is 5.41 Å². The van der Waals surface area contributed by atoms with Gasteiger partial charge in [-0.1, -0.05) is 37.0 Å². The van der Waals surface area contributed by atoms with Gasteiger partial charge in [-0.25, -0.2) is 9.97 Å². The van der Waals surface area contributed by atoms with Crippen molar-refractivity contribution in [1.82, 2.24) is 9.97 Å². The van der Waals surface area contributed by atoms with Crippen molar-refractivity contribution in [3.63, 3.8) is 0 Å². The molecule has 2 aliphatic carbocycles. The fraction of sp³-hybridized carbons (Fsp3) is 0.438. The number of hydrogen-bond donors (Lipinski definition) is 1. The van der Waals surface area contributed by atoms with Crippen molar-refractivity contribution in [3.8, 4) is 0 Å². The van der Waals surface area contributed by atoms with E-state index in [0.29, 0.717) is 33.2 Å². The van der Waals surface area contributed by atoms with E-state index < -0.39 is 16.8 Å². The number of carboxylic acid groups (broad SMARTS) is 1. The molecule has 114 valence electrons. The van der Waals surface area contributed by atoms with E-state index in [1.807, 2.05) is 13.8 Å². The first kappa shape index (κ1) is 14.2. The standard InChI is InChI=1S/C16H14Cl2N2O2/c1-15(2)7-3-4-16(15,14(21)22)13-12(7)19-10-5-8(17)9(18)6-11(10)20-13/h5-7H,3-4H2,1-2H3,(H,21,22)/t7-,16+/m0/s1. The van der Waals surface area contributed by atoms with Gasteiger partial charge in [0, 0.05) is 5.92 Å². The quantitative estimate of drug-likeness (QED) is 0.848. The summed E-state index contributed by atoms with van der Waals surface area (Å²) in [6.07, 6.45) is 1.43. The molecule has 6 heteroatoms. The van der Waals surface area contributed by atoms with Crippen molar-refractivity contribution >= 4 is 40.2 Å². The Morgan fingerprint density at radius 3 is 2.41 bits per heavy atom. The molecule has 22 heavy (non-hydrogen) atoms. The van der Waals surface area contributed by atoms with Crippen molar-refractivity contribution < 1.29 is 9.90 Å². The highest BCUT2D eigenvalue weighted by molar-refractivity contribution is 6.42. The third-order valence-corrected chi connectivity index (χ3v) is 6.33. The summed E-state index contributed by atoms with van der Waals surface area (Å²) in [5, 5.41) is 10.8. The molecule has 2 aliphatic rings. The molecule has 0 saturated heterocycles. The van der Waals surface area contributed by atoms with Crippen molar-refractivity contribution in [3.05, 3.63) is 33.6 Å². The number of halogens is 2. The third-order valence-electron chi connectivity index (χ3n) is 5.61. The molecular weight excluding hydrogens is 323 g/mol. The van der Waals surface area contributed by atoms with Crippen LogP contribution in [0, 0.1) is 5.41 Å². The number of aliphatic carboxylic acids is 1. The van der Waals surface area contributed by atoms with Gasteiger partial charge in [-0.3, -0.25) is 4.79 Å². The molecule has 1 saturated carbocycles. The zero-order valence-corrected chi connectivity index (χ0v) is 13.7. The first-order chi connectivity index (χ1) is 10.3. The molecule has 0 unspecified atom stereocenters. The molecule has 1 N–H and O–H groups in total. The molecule has 2 atom stereocenters. The van der Waals surface area contributed by atoms with Crippen LogP contribution in [0.4, 0.5) is 0 Å². The predicted molar refractivity (Wildman–Crippen MR) is 84.6 cm³/mol. The second-order valence-electron chi connectivity index (χ2n) is 6.74. The summed E-state index contributed by atoms with van der Waals surface area (Å²) in [6, 6.07) is 3.35. The highest BCUT2D eigenvalue weighted by Gasteiger charge is 2.68.